The van der Waals surface area contributed by atoms with Gasteiger partial charge in [0.05, 0.1) is 4.92 Å². The molecular formula is C11H10N2O2. The fourth-order valence-corrected chi connectivity index (χ4v) is 1.44. The van der Waals surface area contributed by atoms with E-state index in [2.05, 4.69) is 4.98 Å². The third kappa shape index (κ3) is 1.88. The first-order chi connectivity index (χ1) is 7.16. The molecule has 2 aromatic rings. The minimum absolute atomic E-state index is 0.113. The molecule has 0 spiro atoms. The van der Waals surface area contributed by atoms with Crippen LogP contribution < -0.4 is 0 Å². The minimum Gasteiger partial charge on any atom is -0.359 e. The number of rotatable bonds is 2. The van der Waals surface area contributed by atoms with E-state index in [9.17, 15) is 10.1 Å². The lowest BCUT2D eigenvalue weighted by Gasteiger charge is -1.97. The highest BCUT2D eigenvalue weighted by molar-refractivity contribution is 5.61. The molecule has 0 saturated carbocycles. The van der Waals surface area contributed by atoms with E-state index in [-0.39, 0.29) is 5.69 Å². The molecule has 0 aliphatic carbocycles. The average molecular weight is 202 g/mol. The van der Waals surface area contributed by atoms with Gasteiger partial charge in [0.25, 0.3) is 5.69 Å². The quantitative estimate of drug-likeness (QED) is 0.601. The standard InChI is InChI=1S/C11H10N2O2/c1-8-2-7-11(12-8)9-3-5-10(6-4-9)13(14)15/h2-7,12H,1H3. The van der Waals surface area contributed by atoms with Gasteiger partial charge in [0.2, 0.25) is 0 Å². The predicted molar refractivity (Wildman–Crippen MR) is 57.6 cm³/mol. The van der Waals surface area contributed by atoms with Crippen molar-refractivity contribution >= 4 is 5.69 Å². The van der Waals surface area contributed by atoms with Crippen LogP contribution in [0.3, 0.4) is 0 Å². The number of aryl methyl sites for hydroxylation is 1. The molecule has 0 fully saturated rings. The third-order valence-corrected chi connectivity index (χ3v) is 2.22. The lowest BCUT2D eigenvalue weighted by atomic mass is 10.1. The molecule has 0 radical (unpaired) electrons. The van der Waals surface area contributed by atoms with Crippen molar-refractivity contribution in [2.24, 2.45) is 0 Å². The highest BCUT2D eigenvalue weighted by Gasteiger charge is 2.05. The lowest BCUT2D eigenvalue weighted by molar-refractivity contribution is -0.384. The number of nitro groups is 1. The summed E-state index contributed by atoms with van der Waals surface area (Å²) in [5.41, 5.74) is 3.11. The highest BCUT2D eigenvalue weighted by atomic mass is 16.6. The van der Waals surface area contributed by atoms with Gasteiger partial charge in [0, 0.05) is 23.5 Å². The Bertz CT molecular complexity index is 486. The molecule has 0 amide bonds. The molecule has 0 aliphatic heterocycles. The van der Waals surface area contributed by atoms with Gasteiger partial charge >= 0.3 is 0 Å². The van der Waals surface area contributed by atoms with E-state index < -0.39 is 4.92 Å². The van der Waals surface area contributed by atoms with Gasteiger partial charge in [-0.05, 0) is 36.8 Å². The first-order valence-electron chi connectivity index (χ1n) is 4.57. The van der Waals surface area contributed by atoms with Crippen molar-refractivity contribution in [2.45, 2.75) is 6.92 Å². The molecule has 15 heavy (non-hydrogen) atoms. The molecule has 2 rings (SSSR count). The van der Waals surface area contributed by atoms with E-state index in [0.717, 1.165) is 17.0 Å². The molecule has 1 aromatic carbocycles. The van der Waals surface area contributed by atoms with Crippen molar-refractivity contribution in [2.75, 3.05) is 0 Å². The van der Waals surface area contributed by atoms with Gasteiger partial charge in [-0.25, -0.2) is 0 Å². The first-order valence-corrected chi connectivity index (χ1v) is 4.57. The summed E-state index contributed by atoms with van der Waals surface area (Å²) < 4.78 is 0. The summed E-state index contributed by atoms with van der Waals surface area (Å²) in [5.74, 6) is 0. The van der Waals surface area contributed by atoms with Crippen LogP contribution in [0.2, 0.25) is 0 Å². The molecule has 1 N–H and O–H groups in total. The van der Waals surface area contributed by atoms with Crippen LogP contribution in [-0.2, 0) is 0 Å². The fourth-order valence-electron chi connectivity index (χ4n) is 1.44. The van der Waals surface area contributed by atoms with Gasteiger partial charge in [-0.2, -0.15) is 0 Å². The van der Waals surface area contributed by atoms with E-state index in [0.29, 0.717) is 0 Å². The van der Waals surface area contributed by atoms with Crippen LogP contribution in [0.5, 0.6) is 0 Å². The molecule has 4 heteroatoms. The number of H-pyrrole nitrogens is 1. The van der Waals surface area contributed by atoms with Gasteiger partial charge in [-0.3, -0.25) is 10.1 Å². The molecule has 0 unspecified atom stereocenters. The molecular weight excluding hydrogens is 192 g/mol. The van der Waals surface area contributed by atoms with E-state index in [1.807, 2.05) is 19.1 Å². The monoisotopic (exact) mass is 202 g/mol. The number of nitro benzene ring substituents is 1. The van der Waals surface area contributed by atoms with Gasteiger partial charge in [0.1, 0.15) is 0 Å². The zero-order chi connectivity index (χ0) is 10.8. The average Bonchev–Trinajstić information content (AvgIpc) is 2.65. The SMILES string of the molecule is Cc1ccc(-c2ccc([N+](=O)[O-])cc2)[nH]1. The Hall–Kier alpha value is -2.10. The molecule has 1 aromatic heterocycles. The van der Waals surface area contributed by atoms with Crippen LogP contribution in [-0.4, -0.2) is 9.91 Å². The van der Waals surface area contributed by atoms with Crippen molar-refractivity contribution in [3.8, 4) is 11.3 Å². The van der Waals surface area contributed by atoms with E-state index in [4.69, 9.17) is 0 Å². The van der Waals surface area contributed by atoms with Crippen molar-refractivity contribution in [3.05, 3.63) is 52.2 Å². The molecule has 4 nitrogen and oxygen atoms in total. The van der Waals surface area contributed by atoms with E-state index in [1.54, 1.807) is 12.1 Å². The molecule has 0 bridgehead atoms. The summed E-state index contributed by atoms with van der Waals surface area (Å²) in [4.78, 5) is 13.2. The number of non-ortho nitro benzene ring substituents is 1. The summed E-state index contributed by atoms with van der Waals surface area (Å²) in [5, 5.41) is 10.5. The van der Waals surface area contributed by atoms with E-state index in [1.165, 1.54) is 12.1 Å². The van der Waals surface area contributed by atoms with Gasteiger partial charge in [-0.1, -0.05) is 0 Å². The third-order valence-electron chi connectivity index (χ3n) is 2.22. The highest BCUT2D eigenvalue weighted by Crippen LogP contribution is 2.21. The molecule has 0 saturated heterocycles. The molecule has 76 valence electrons. The van der Waals surface area contributed by atoms with Gasteiger partial charge in [0.15, 0.2) is 0 Å². The number of hydrogen-bond acceptors (Lipinski definition) is 2. The van der Waals surface area contributed by atoms with Crippen molar-refractivity contribution < 1.29 is 4.92 Å². The zero-order valence-electron chi connectivity index (χ0n) is 8.23. The number of nitrogens with one attached hydrogen (secondary N) is 1. The summed E-state index contributed by atoms with van der Waals surface area (Å²) in [6.45, 7) is 1.97. The topological polar surface area (TPSA) is 58.9 Å². The lowest BCUT2D eigenvalue weighted by Crippen LogP contribution is -1.87. The Labute approximate surface area is 86.7 Å². The zero-order valence-corrected chi connectivity index (χ0v) is 8.23. The molecule has 1 heterocycles. The largest absolute Gasteiger partial charge is 0.359 e. The maximum atomic E-state index is 10.5. The number of aromatic nitrogens is 1. The number of nitrogens with zero attached hydrogens (tertiary/aromatic N) is 1. The summed E-state index contributed by atoms with van der Waals surface area (Å²) in [6.07, 6.45) is 0. The minimum atomic E-state index is -0.399. The second kappa shape index (κ2) is 3.57. The number of aromatic amines is 1. The van der Waals surface area contributed by atoms with Gasteiger partial charge < -0.3 is 4.98 Å². The normalized spacial score (nSPS) is 10.2. The first kappa shape index (κ1) is 9.45. The second-order valence-electron chi connectivity index (χ2n) is 3.36. The Balaban J connectivity index is 2.35. The van der Waals surface area contributed by atoms with Crippen LogP contribution in [0.15, 0.2) is 36.4 Å². The Morgan fingerprint density at radius 3 is 2.27 bits per heavy atom. The van der Waals surface area contributed by atoms with Crippen LogP contribution in [0.4, 0.5) is 5.69 Å². The summed E-state index contributed by atoms with van der Waals surface area (Å²) >= 11 is 0. The van der Waals surface area contributed by atoms with Crippen LogP contribution in [0.25, 0.3) is 11.3 Å². The van der Waals surface area contributed by atoms with Crippen LogP contribution in [0.1, 0.15) is 5.69 Å². The second-order valence-corrected chi connectivity index (χ2v) is 3.36. The Kier molecular flexibility index (Phi) is 2.25. The summed E-state index contributed by atoms with van der Waals surface area (Å²) in [6, 6.07) is 10.4. The molecule has 0 atom stereocenters. The molecule has 0 aliphatic rings. The maximum Gasteiger partial charge on any atom is 0.269 e. The van der Waals surface area contributed by atoms with Crippen molar-refractivity contribution in [1.29, 1.82) is 0 Å². The van der Waals surface area contributed by atoms with Crippen molar-refractivity contribution in [1.82, 2.24) is 4.98 Å². The number of benzene rings is 1. The summed E-state index contributed by atoms with van der Waals surface area (Å²) in [7, 11) is 0. The Morgan fingerprint density at radius 1 is 1.13 bits per heavy atom. The van der Waals surface area contributed by atoms with Crippen LogP contribution >= 0.6 is 0 Å². The maximum absolute atomic E-state index is 10.5. The van der Waals surface area contributed by atoms with E-state index >= 15 is 0 Å². The number of hydrogen-bond donors (Lipinski definition) is 1. The Morgan fingerprint density at radius 2 is 1.80 bits per heavy atom. The predicted octanol–water partition coefficient (Wildman–Crippen LogP) is 2.90. The van der Waals surface area contributed by atoms with Crippen LogP contribution in [0, 0.1) is 17.0 Å². The van der Waals surface area contributed by atoms with Crippen molar-refractivity contribution in [3.63, 3.8) is 0 Å². The fraction of sp³-hybridized carbons (Fsp3) is 0.0909. The smallest absolute Gasteiger partial charge is 0.269 e. The van der Waals surface area contributed by atoms with Gasteiger partial charge in [-0.15, -0.1) is 0 Å².